The van der Waals surface area contributed by atoms with Crippen molar-refractivity contribution in [3.8, 4) is 0 Å². The SMILES string of the molecule is CCc1[nH]nc2cc(N=C=S)ccc12. The maximum atomic E-state index is 4.54. The largest absolute Gasteiger partial charge is 0.281 e. The molecule has 70 valence electrons. The topological polar surface area (TPSA) is 41.0 Å². The standard InChI is InChI=1S/C10H9N3S/c1-2-9-8-4-3-7(11-6-14)5-10(8)13-12-9/h3-5H,2H2,1H3,(H,12,13). The zero-order valence-corrected chi connectivity index (χ0v) is 8.56. The summed E-state index contributed by atoms with van der Waals surface area (Å²) in [6.45, 7) is 2.09. The third-order valence-electron chi connectivity index (χ3n) is 2.15. The van der Waals surface area contributed by atoms with Crippen LogP contribution in [0.1, 0.15) is 12.6 Å². The van der Waals surface area contributed by atoms with E-state index in [0.717, 1.165) is 28.7 Å². The Morgan fingerprint density at radius 1 is 1.57 bits per heavy atom. The van der Waals surface area contributed by atoms with Crippen molar-refractivity contribution >= 4 is 34.0 Å². The van der Waals surface area contributed by atoms with Gasteiger partial charge in [-0.1, -0.05) is 6.92 Å². The van der Waals surface area contributed by atoms with Gasteiger partial charge in [0.25, 0.3) is 0 Å². The summed E-state index contributed by atoms with van der Waals surface area (Å²) in [4.78, 5) is 3.90. The Labute approximate surface area is 86.9 Å². The lowest BCUT2D eigenvalue weighted by atomic mass is 10.1. The number of rotatable bonds is 2. The summed E-state index contributed by atoms with van der Waals surface area (Å²) in [5.74, 6) is 0. The van der Waals surface area contributed by atoms with E-state index in [9.17, 15) is 0 Å². The van der Waals surface area contributed by atoms with Crippen molar-refractivity contribution in [2.24, 2.45) is 4.99 Å². The van der Waals surface area contributed by atoms with Gasteiger partial charge >= 0.3 is 0 Å². The molecule has 0 saturated carbocycles. The van der Waals surface area contributed by atoms with Gasteiger partial charge in [0.2, 0.25) is 0 Å². The number of aromatic nitrogens is 2. The molecule has 1 aromatic carbocycles. The Hall–Kier alpha value is -1.51. The number of isothiocyanates is 1. The molecular weight excluding hydrogens is 194 g/mol. The molecule has 0 atom stereocenters. The molecule has 14 heavy (non-hydrogen) atoms. The van der Waals surface area contributed by atoms with Crippen molar-refractivity contribution < 1.29 is 0 Å². The number of benzene rings is 1. The Morgan fingerprint density at radius 2 is 2.43 bits per heavy atom. The van der Waals surface area contributed by atoms with Crippen LogP contribution in [0.2, 0.25) is 0 Å². The van der Waals surface area contributed by atoms with Crippen molar-refractivity contribution in [3.63, 3.8) is 0 Å². The summed E-state index contributed by atoms with van der Waals surface area (Å²) in [6.07, 6.45) is 0.951. The summed E-state index contributed by atoms with van der Waals surface area (Å²) in [7, 11) is 0. The number of aliphatic imine (C=N–C) groups is 1. The monoisotopic (exact) mass is 203 g/mol. The number of thiocarbonyl (C=S) groups is 1. The van der Waals surface area contributed by atoms with Crippen LogP contribution in [0, 0.1) is 0 Å². The highest BCUT2D eigenvalue weighted by Crippen LogP contribution is 2.21. The molecule has 0 bridgehead atoms. The predicted molar refractivity (Wildman–Crippen MR) is 60.2 cm³/mol. The van der Waals surface area contributed by atoms with E-state index in [1.54, 1.807) is 0 Å². The van der Waals surface area contributed by atoms with Crippen LogP contribution in [0.25, 0.3) is 10.9 Å². The Bertz CT molecular complexity index is 509. The van der Waals surface area contributed by atoms with Crippen LogP contribution in [0.15, 0.2) is 23.2 Å². The van der Waals surface area contributed by atoms with Crippen LogP contribution in [-0.2, 0) is 6.42 Å². The van der Waals surface area contributed by atoms with Crippen LogP contribution < -0.4 is 0 Å². The van der Waals surface area contributed by atoms with E-state index >= 15 is 0 Å². The Balaban J connectivity index is 2.62. The lowest BCUT2D eigenvalue weighted by molar-refractivity contribution is 0.988. The zero-order chi connectivity index (χ0) is 9.97. The molecule has 0 spiro atoms. The fraction of sp³-hybridized carbons (Fsp3) is 0.200. The lowest BCUT2D eigenvalue weighted by Gasteiger charge is -1.92. The second kappa shape index (κ2) is 3.70. The van der Waals surface area contributed by atoms with Gasteiger partial charge in [-0.25, -0.2) is 0 Å². The van der Waals surface area contributed by atoms with Crippen molar-refractivity contribution in [1.82, 2.24) is 10.2 Å². The normalized spacial score (nSPS) is 10.1. The fourth-order valence-corrected chi connectivity index (χ4v) is 1.55. The maximum Gasteiger partial charge on any atom is 0.0945 e. The van der Waals surface area contributed by atoms with Crippen molar-refractivity contribution in [2.45, 2.75) is 13.3 Å². The minimum Gasteiger partial charge on any atom is -0.281 e. The zero-order valence-electron chi connectivity index (χ0n) is 7.74. The highest BCUT2D eigenvalue weighted by atomic mass is 32.1. The van der Waals surface area contributed by atoms with Gasteiger partial charge in [-0.3, -0.25) is 5.10 Å². The number of nitrogens with zero attached hydrogens (tertiary/aromatic N) is 2. The van der Waals surface area contributed by atoms with E-state index in [2.05, 4.69) is 39.5 Å². The number of fused-ring (bicyclic) bond motifs is 1. The first-order valence-corrected chi connectivity index (χ1v) is 4.81. The molecule has 0 fully saturated rings. The maximum absolute atomic E-state index is 4.54. The molecule has 0 aliphatic carbocycles. The molecule has 3 nitrogen and oxygen atoms in total. The number of hydrogen-bond donors (Lipinski definition) is 1. The van der Waals surface area contributed by atoms with E-state index in [1.807, 2.05) is 18.2 Å². The van der Waals surface area contributed by atoms with Crippen LogP contribution in [0.5, 0.6) is 0 Å². The highest BCUT2D eigenvalue weighted by molar-refractivity contribution is 7.78. The molecule has 1 heterocycles. The number of hydrogen-bond acceptors (Lipinski definition) is 3. The summed E-state index contributed by atoms with van der Waals surface area (Å²) >= 11 is 4.54. The smallest absolute Gasteiger partial charge is 0.0945 e. The van der Waals surface area contributed by atoms with Crippen molar-refractivity contribution in [1.29, 1.82) is 0 Å². The minimum atomic E-state index is 0.793. The van der Waals surface area contributed by atoms with Crippen LogP contribution >= 0.6 is 12.2 Å². The molecule has 0 unspecified atom stereocenters. The highest BCUT2D eigenvalue weighted by Gasteiger charge is 2.03. The molecule has 1 aromatic heterocycles. The van der Waals surface area contributed by atoms with E-state index in [0.29, 0.717) is 0 Å². The average Bonchev–Trinajstić information content (AvgIpc) is 2.60. The summed E-state index contributed by atoms with van der Waals surface area (Å²) in [5, 5.41) is 10.7. The summed E-state index contributed by atoms with van der Waals surface area (Å²) in [5.41, 5.74) is 2.87. The molecule has 0 saturated heterocycles. The number of aryl methyl sites for hydroxylation is 1. The second-order valence-corrected chi connectivity index (χ2v) is 3.14. The lowest BCUT2D eigenvalue weighted by Crippen LogP contribution is -1.78. The third-order valence-corrected chi connectivity index (χ3v) is 2.24. The Morgan fingerprint density at radius 3 is 3.14 bits per heavy atom. The molecular formula is C10H9N3S. The van der Waals surface area contributed by atoms with E-state index in [-0.39, 0.29) is 0 Å². The predicted octanol–water partition coefficient (Wildman–Crippen LogP) is 2.86. The van der Waals surface area contributed by atoms with Crippen LogP contribution in [0.3, 0.4) is 0 Å². The fourth-order valence-electron chi connectivity index (χ4n) is 1.45. The molecule has 1 N–H and O–H groups in total. The van der Waals surface area contributed by atoms with Gasteiger partial charge in [0.1, 0.15) is 0 Å². The summed E-state index contributed by atoms with van der Waals surface area (Å²) in [6, 6.07) is 5.81. The first-order chi connectivity index (χ1) is 6.85. The molecule has 0 aliphatic heterocycles. The van der Waals surface area contributed by atoms with Crippen molar-refractivity contribution in [3.05, 3.63) is 23.9 Å². The summed E-state index contributed by atoms with van der Waals surface area (Å²) < 4.78 is 0. The minimum absolute atomic E-state index is 0.793. The van der Waals surface area contributed by atoms with Gasteiger partial charge in [-0.15, -0.1) is 0 Å². The van der Waals surface area contributed by atoms with Crippen LogP contribution in [-0.4, -0.2) is 15.4 Å². The average molecular weight is 203 g/mol. The third kappa shape index (κ3) is 1.45. The molecule has 4 heteroatoms. The van der Waals surface area contributed by atoms with E-state index in [4.69, 9.17) is 0 Å². The Kier molecular flexibility index (Phi) is 2.39. The molecule has 2 aromatic rings. The van der Waals surface area contributed by atoms with Gasteiger partial charge in [-0.2, -0.15) is 10.1 Å². The van der Waals surface area contributed by atoms with Gasteiger partial charge in [0.05, 0.1) is 16.4 Å². The van der Waals surface area contributed by atoms with E-state index < -0.39 is 0 Å². The molecule has 0 aliphatic rings. The van der Waals surface area contributed by atoms with Gasteiger partial charge in [0.15, 0.2) is 0 Å². The number of H-pyrrole nitrogens is 1. The number of nitrogens with one attached hydrogen (secondary N) is 1. The quantitative estimate of drug-likeness (QED) is 0.602. The van der Waals surface area contributed by atoms with E-state index in [1.165, 1.54) is 0 Å². The van der Waals surface area contributed by atoms with Crippen molar-refractivity contribution in [2.75, 3.05) is 0 Å². The molecule has 0 radical (unpaired) electrons. The van der Waals surface area contributed by atoms with Crippen LogP contribution in [0.4, 0.5) is 5.69 Å². The van der Waals surface area contributed by atoms with Gasteiger partial charge in [-0.05, 0) is 36.8 Å². The van der Waals surface area contributed by atoms with Gasteiger partial charge in [0, 0.05) is 11.1 Å². The second-order valence-electron chi connectivity index (χ2n) is 2.96. The molecule has 0 amide bonds. The first-order valence-electron chi connectivity index (χ1n) is 4.40. The first kappa shape index (κ1) is 9.06. The number of aromatic amines is 1. The molecule has 2 rings (SSSR count). The van der Waals surface area contributed by atoms with Gasteiger partial charge < -0.3 is 0 Å².